The summed E-state index contributed by atoms with van der Waals surface area (Å²) in [5.41, 5.74) is 2.84. The van der Waals surface area contributed by atoms with Gasteiger partial charge in [0.25, 0.3) is 0 Å². The summed E-state index contributed by atoms with van der Waals surface area (Å²) in [5, 5.41) is 3.30. The Balaban J connectivity index is 0.00000128. The van der Waals surface area contributed by atoms with Gasteiger partial charge in [0.2, 0.25) is 0 Å². The lowest BCUT2D eigenvalue weighted by Crippen LogP contribution is -2.55. The van der Waals surface area contributed by atoms with E-state index in [1.165, 1.54) is 11.1 Å². The van der Waals surface area contributed by atoms with Crippen LogP contribution in [0.4, 0.5) is 0 Å². The number of hydrogen-bond donors (Lipinski definition) is 1. The molecule has 2 rings (SSSR count). The average Bonchev–Trinajstić information content (AvgIpc) is 2.16. The molecule has 1 fully saturated rings. The lowest BCUT2D eigenvalue weighted by atomic mass is 10.1. The van der Waals surface area contributed by atoms with Crippen molar-refractivity contribution in [3.63, 3.8) is 0 Å². The molecule has 1 aromatic rings. The molecule has 0 bridgehead atoms. The van der Waals surface area contributed by atoms with Crippen molar-refractivity contribution in [2.45, 2.75) is 25.9 Å². The van der Waals surface area contributed by atoms with E-state index in [2.05, 4.69) is 48.5 Å². The average molecular weight is 241 g/mol. The topological polar surface area (TPSA) is 15.3 Å². The number of likely N-dealkylation sites (N-methyl/N-ethyl adjacent to an activating group) is 1. The first kappa shape index (κ1) is 13.5. The van der Waals surface area contributed by atoms with Crippen LogP contribution < -0.4 is 5.32 Å². The molecule has 90 valence electrons. The van der Waals surface area contributed by atoms with Crippen molar-refractivity contribution in [2.24, 2.45) is 0 Å². The fourth-order valence-electron chi connectivity index (χ4n) is 1.88. The Bertz CT molecular complexity index is 306. The monoisotopic (exact) mass is 240 g/mol. The maximum atomic E-state index is 3.30. The molecule has 1 aromatic carbocycles. The highest BCUT2D eigenvalue weighted by atomic mass is 35.5. The summed E-state index contributed by atoms with van der Waals surface area (Å²) in [5.74, 6) is 0. The maximum absolute atomic E-state index is 3.30. The standard InChI is InChI=1S/C13H20N2.ClH/c1-3-11-4-6-12(7-5-11)10-15(2)13-8-14-9-13;/h4-7,13-14H,3,8-10H2,1-2H3;1H. The molecular weight excluding hydrogens is 220 g/mol. The highest BCUT2D eigenvalue weighted by Gasteiger charge is 2.20. The van der Waals surface area contributed by atoms with Gasteiger partial charge >= 0.3 is 0 Å². The van der Waals surface area contributed by atoms with Crippen molar-refractivity contribution in [1.29, 1.82) is 0 Å². The summed E-state index contributed by atoms with van der Waals surface area (Å²) in [4.78, 5) is 2.43. The van der Waals surface area contributed by atoms with E-state index in [1.54, 1.807) is 0 Å². The second-order valence-corrected chi connectivity index (χ2v) is 4.40. The molecule has 0 spiro atoms. The normalized spacial score (nSPS) is 15.7. The molecule has 0 aliphatic carbocycles. The van der Waals surface area contributed by atoms with Crippen LogP contribution in [0.1, 0.15) is 18.1 Å². The van der Waals surface area contributed by atoms with Gasteiger partial charge in [0.05, 0.1) is 0 Å². The number of nitrogens with zero attached hydrogens (tertiary/aromatic N) is 1. The molecule has 3 heteroatoms. The minimum absolute atomic E-state index is 0. The van der Waals surface area contributed by atoms with Gasteiger partial charge in [-0.15, -0.1) is 12.4 Å². The van der Waals surface area contributed by atoms with E-state index in [0.29, 0.717) is 0 Å². The maximum Gasteiger partial charge on any atom is 0.0345 e. The number of benzene rings is 1. The third-order valence-electron chi connectivity index (χ3n) is 3.25. The Morgan fingerprint density at radius 2 is 1.75 bits per heavy atom. The molecule has 1 N–H and O–H groups in total. The number of aryl methyl sites for hydroxylation is 1. The van der Waals surface area contributed by atoms with Crippen LogP contribution in [0.25, 0.3) is 0 Å². The first-order chi connectivity index (χ1) is 7.29. The Kier molecular flexibility index (Phi) is 5.26. The smallest absolute Gasteiger partial charge is 0.0345 e. The first-order valence-electron chi connectivity index (χ1n) is 5.78. The van der Waals surface area contributed by atoms with Gasteiger partial charge in [-0.25, -0.2) is 0 Å². The second-order valence-electron chi connectivity index (χ2n) is 4.40. The molecular formula is C13H21ClN2. The van der Waals surface area contributed by atoms with E-state index < -0.39 is 0 Å². The third-order valence-corrected chi connectivity index (χ3v) is 3.25. The van der Waals surface area contributed by atoms with E-state index in [9.17, 15) is 0 Å². The third kappa shape index (κ3) is 3.21. The van der Waals surface area contributed by atoms with Gasteiger partial charge in [0.1, 0.15) is 0 Å². The zero-order valence-corrected chi connectivity index (χ0v) is 10.9. The number of hydrogen-bond acceptors (Lipinski definition) is 2. The van der Waals surface area contributed by atoms with E-state index in [0.717, 1.165) is 32.1 Å². The van der Waals surface area contributed by atoms with E-state index in [1.807, 2.05) is 0 Å². The molecule has 1 aliphatic rings. The molecule has 0 saturated carbocycles. The Morgan fingerprint density at radius 3 is 2.19 bits per heavy atom. The summed E-state index contributed by atoms with van der Waals surface area (Å²) in [6, 6.07) is 9.71. The molecule has 16 heavy (non-hydrogen) atoms. The van der Waals surface area contributed by atoms with Crippen LogP contribution in [0.15, 0.2) is 24.3 Å². The minimum Gasteiger partial charge on any atom is -0.314 e. The fourth-order valence-corrected chi connectivity index (χ4v) is 1.88. The zero-order chi connectivity index (χ0) is 10.7. The molecule has 0 atom stereocenters. The van der Waals surface area contributed by atoms with Gasteiger partial charge < -0.3 is 5.32 Å². The molecule has 2 nitrogen and oxygen atoms in total. The fraction of sp³-hybridized carbons (Fsp3) is 0.538. The minimum atomic E-state index is 0. The summed E-state index contributed by atoms with van der Waals surface area (Å²) in [6.07, 6.45) is 1.13. The summed E-state index contributed by atoms with van der Waals surface area (Å²) < 4.78 is 0. The Morgan fingerprint density at radius 1 is 1.19 bits per heavy atom. The highest BCUT2D eigenvalue weighted by molar-refractivity contribution is 5.85. The molecule has 1 heterocycles. The number of nitrogens with one attached hydrogen (secondary N) is 1. The van der Waals surface area contributed by atoms with Crippen molar-refractivity contribution in [3.8, 4) is 0 Å². The van der Waals surface area contributed by atoms with E-state index >= 15 is 0 Å². The Hall–Kier alpha value is -0.570. The van der Waals surface area contributed by atoms with Gasteiger partial charge in [-0.2, -0.15) is 0 Å². The molecule has 0 amide bonds. The molecule has 0 aromatic heterocycles. The zero-order valence-electron chi connectivity index (χ0n) is 10.1. The van der Waals surface area contributed by atoms with Gasteiger partial charge in [-0.1, -0.05) is 31.2 Å². The number of rotatable bonds is 4. The molecule has 1 aliphatic heterocycles. The van der Waals surface area contributed by atoms with Gasteiger partial charge in [-0.05, 0) is 24.6 Å². The number of halogens is 1. The molecule has 0 unspecified atom stereocenters. The molecule has 0 radical (unpaired) electrons. The van der Waals surface area contributed by atoms with Crippen molar-refractivity contribution >= 4 is 12.4 Å². The van der Waals surface area contributed by atoms with Crippen molar-refractivity contribution < 1.29 is 0 Å². The molecule has 1 saturated heterocycles. The highest BCUT2D eigenvalue weighted by Crippen LogP contribution is 2.10. The van der Waals surface area contributed by atoms with Crippen LogP contribution in [0.2, 0.25) is 0 Å². The van der Waals surface area contributed by atoms with Crippen molar-refractivity contribution in [2.75, 3.05) is 20.1 Å². The first-order valence-corrected chi connectivity index (χ1v) is 5.78. The van der Waals surface area contributed by atoms with Crippen LogP contribution in [0.3, 0.4) is 0 Å². The second kappa shape index (κ2) is 6.24. The van der Waals surface area contributed by atoms with Crippen LogP contribution in [-0.4, -0.2) is 31.1 Å². The van der Waals surface area contributed by atoms with Crippen molar-refractivity contribution in [1.82, 2.24) is 10.2 Å². The summed E-state index contributed by atoms with van der Waals surface area (Å²) in [6.45, 7) is 5.55. The van der Waals surface area contributed by atoms with Crippen molar-refractivity contribution in [3.05, 3.63) is 35.4 Å². The van der Waals surface area contributed by atoms with Gasteiger partial charge in [-0.3, -0.25) is 4.90 Å². The summed E-state index contributed by atoms with van der Waals surface area (Å²) >= 11 is 0. The van der Waals surface area contributed by atoms with Gasteiger partial charge in [0.15, 0.2) is 0 Å². The predicted octanol–water partition coefficient (Wildman–Crippen LogP) is 2.07. The largest absolute Gasteiger partial charge is 0.314 e. The SMILES string of the molecule is CCc1ccc(CN(C)C2CNC2)cc1.Cl. The van der Waals surface area contributed by atoms with E-state index in [-0.39, 0.29) is 12.4 Å². The lowest BCUT2D eigenvalue weighted by Gasteiger charge is -2.35. The van der Waals surface area contributed by atoms with Crippen LogP contribution in [-0.2, 0) is 13.0 Å². The predicted molar refractivity (Wildman–Crippen MR) is 71.2 cm³/mol. The van der Waals surface area contributed by atoms with Crippen LogP contribution in [0, 0.1) is 0 Å². The Labute approximate surface area is 104 Å². The van der Waals surface area contributed by atoms with E-state index in [4.69, 9.17) is 0 Å². The van der Waals surface area contributed by atoms with Crippen LogP contribution >= 0.6 is 12.4 Å². The van der Waals surface area contributed by atoms with Crippen LogP contribution in [0.5, 0.6) is 0 Å². The quantitative estimate of drug-likeness (QED) is 0.867. The van der Waals surface area contributed by atoms with Gasteiger partial charge in [0, 0.05) is 25.7 Å². The lowest BCUT2D eigenvalue weighted by molar-refractivity contribution is 0.173. The summed E-state index contributed by atoms with van der Waals surface area (Å²) in [7, 11) is 2.21.